The first-order valence-corrected chi connectivity index (χ1v) is 4.91. The highest BCUT2D eigenvalue weighted by Crippen LogP contribution is 2.11. The number of rotatable bonds is 4. The topological polar surface area (TPSA) is 66.5 Å². The van der Waals surface area contributed by atoms with Gasteiger partial charge in [0.25, 0.3) is 0 Å². The van der Waals surface area contributed by atoms with E-state index in [1.165, 1.54) is 0 Å². The molecule has 5 heteroatoms. The number of imidazole rings is 1. The van der Waals surface area contributed by atoms with E-state index in [4.69, 9.17) is 0 Å². The van der Waals surface area contributed by atoms with E-state index >= 15 is 0 Å². The maximum atomic E-state index is 4.24. The van der Waals surface area contributed by atoms with Crippen LogP contribution in [-0.4, -0.2) is 26.5 Å². The first-order chi connectivity index (χ1) is 7.40. The predicted octanol–water partition coefficient (Wildman–Crippen LogP) is 0.976. The van der Waals surface area contributed by atoms with Crippen LogP contribution in [0.2, 0.25) is 0 Å². The molecule has 2 aromatic heterocycles. The van der Waals surface area contributed by atoms with Crippen LogP contribution < -0.4 is 5.32 Å². The van der Waals surface area contributed by atoms with E-state index in [1.807, 2.05) is 0 Å². The summed E-state index contributed by atoms with van der Waals surface area (Å²) in [7, 11) is 0. The lowest BCUT2D eigenvalue weighted by Crippen LogP contribution is -2.12. The Morgan fingerprint density at radius 2 is 2.20 bits per heavy atom. The fourth-order valence-electron chi connectivity index (χ4n) is 1.26. The van der Waals surface area contributed by atoms with Gasteiger partial charge in [-0.05, 0) is 6.54 Å². The summed E-state index contributed by atoms with van der Waals surface area (Å²) in [5.41, 5.74) is 1.71. The van der Waals surface area contributed by atoms with Crippen LogP contribution in [0.3, 0.4) is 0 Å². The van der Waals surface area contributed by atoms with Crippen molar-refractivity contribution in [3.05, 3.63) is 30.6 Å². The van der Waals surface area contributed by atoms with E-state index in [-0.39, 0.29) is 0 Å². The minimum absolute atomic E-state index is 0.747. The number of H-pyrrole nitrogens is 1. The normalized spacial score (nSPS) is 10.5. The Hall–Kier alpha value is -1.75. The summed E-state index contributed by atoms with van der Waals surface area (Å²) < 4.78 is 0. The monoisotopic (exact) mass is 203 g/mol. The molecule has 0 radical (unpaired) electrons. The molecule has 0 bridgehead atoms. The zero-order valence-corrected chi connectivity index (χ0v) is 8.57. The fourth-order valence-corrected chi connectivity index (χ4v) is 1.26. The van der Waals surface area contributed by atoms with E-state index in [9.17, 15) is 0 Å². The van der Waals surface area contributed by atoms with Gasteiger partial charge >= 0.3 is 0 Å². The first kappa shape index (κ1) is 9.79. The summed E-state index contributed by atoms with van der Waals surface area (Å²) in [4.78, 5) is 15.6. The summed E-state index contributed by atoms with van der Waals surface area (Å²) in [5.74, 6) is 0.914. The Morgan fingerprint density at radius 1 is 1.27 bits per heavy atom. The quantitative estimate of drug-likeness (QED) is 0.777. The largest absolute Gasteiger partial charge is 0.340 e. The molecule has 0 saturated heterocycles. The molecule has 2 N–H and O–H groups in total. The van der Waals surface area contributed by atoms with E-state index in [1.54, 1.807) is 24.8 Å². The third kappa shape index (κ3) is 2.38. The molecule has 15 heavy (non-hydrogen) atoms. The Bertz CT molecular complexity index is 409. The van der Waals surface area contributed by atoms with Gasteiger partial charge in [0.05, 0.1) is 24.6 Å². The average Bonchev–Trinajstić information content (AvgIpc) is 2.76. The highest BCUT2D eigenvalue weighted by Gasteiger charge is 2.03. The number of nitrogens with zero attached hydrogens (tertiary/aromatic N) is 3. The highest BCUT2D eigenvalue weighted by atomic mass is 15.0. The zero-order chi connectivity index (χ0) is 10.5. The van der Waals surface area contributed by atoms with Crippen LogP contribution in [0, 0.1) is 0 Å². The van der Waals surface area contributed by atoms with Gasteiger partial charge in [0, 0.05) is 12.4 Å². The molecule has 2 aromatic rings. The second-order valence-electron chi connectivity index (χ2n) is 3.11. The van der Waals surface area contributed by atoms with Gasteiger partial charge in [-0.15, -0.1) is 0 Å². The zero-order valence-electron chi connectivity index (χ0n) is 8.57. The molecule has 2 heterocycles. The van der Waals surface area contributed by atoms with Crippen LogP contribution in [0.15, 0.2) is 24.8 Å². The second kappa shape index (κ2) is 4.65. The van der Waals surface area contributed by atoms with E-state index in [0.717, 1.165) is 30.3 Å². The standard InChI is InChI=1S/C10H13N5/c1-2-11-7-10-14-6-9(15-10)8-5-12-3-4-13-8/h3-6,11H,2,7H2,1H3,(H,14,15). The van der Waals surface area contributed by atoms with Crippen LogP contribution in [-0.2, 0) is 6.54 Å². The van der Waals surface area contributed by atoms with Crippen molar-refractivity contribution in [3.8, 4) is 11.4 Å². The van der Waals surface area contributed by atoms with Crippen molar-refractivity contribution in [2.45, 2.75) is 13.5 Å². The lowest BCUT2D eigenvalue weighted by Gasteiger charge is -1.96. The van der Waals surface area contributed by atoms with E-state index in [0.29, 0.717) is 0 Å². The maximum Gasteiger partial charge on any atom is 0.120 e. The number of aromatic nitrogens is 4. The Morgan fingerprint density at radius 3 is 2.93 bits per heavy atom. The molecule has 0 aliphatic rings. The molecule has 0 saturated carbocycles. The molecule has 0 atom stereocenters. The minimum atomic E-state index is 0.747. The number of aromatic amines is 1. The Labute approximate surface area is 88.0 Å². The third-order valence-electron chi connectivity index (χ3n) is 2.01. The summed E-state index contributed by atoms with van der Waals surface area (Å²) in [6.45, 7) is 3.74. The van der Waals surface area contributed by atoms with Crippen LogP contribution >= 0.6 is 0 Å². The molecule has 0 fully saturated rings. The van der Waals surface area contributed by atoms with Crippen LogP contribution in [0.1, 0.15) is 12.7 Å². The second-order valence-corrected chi connectivity index (χ2v) is 3.11. The van der Waals surface area contributed by atoms with Gasteiger partial charge in [-0.25, -0.2) is 4.98 Å². The van der Waals surface area contributed by atoms with Crippen molar-refractivity contribution in [1.29, 1.82) is 0 Å². The van der Waals surface area contributed by atoms with E-state index < -0.39 is 0 Å². The molecular formula is C10H13N5. The molecule has 0 unspecified atom stereocenters. The van der Waals surface area contributed by atoms with Gasteiger partial charge in [0.15, 0.2) is 0 Å². The van der Waals surface area contributed by atoms with Gasteiger partial charge in [0.1, 0.15) is 11.5 Å². The minimum Gasteiger partial charge on any atom is -0.340 e. The molecule has 78 valence electrons. The van der Waals surface area contributed by atoms with Gasteiger partial charge in [0.2, 0.25) is 0 Å². The lowest BCUT2D eigenvalue weighted by molar-refractivity contribution is 0.698. The average molecular weight is 203 g/mol. The first-order valence-electron chi connectivity index (χ1n) is 4.91. The molecule has 0 spiro atoms. The summed E-state index contributed by atoms with van der Waals surface area (Å²) in [6.07, 6.45) is 6.81. The van der Waals surface area contributed by atoms with Crippen LogP contribution in [0.5, 0.6) is 0 Å². The SMILES string of the molecule is CCNCc1ncc(-c2cnccn2)[nH]1. The smallest absolute Gasteiger partial charge is 0.120 e. The fraction of sp³-hybridized carbons (Fsp3) is 0.300. The van der Waals surface area contributed by atoms with E-state index in [2.05, 4.69) is 32.2 Å². The maximum absolute atomic E-state index is 4.24. The molecular weight excluding hydrogens is 190 g/mol. The van der Waals surface area contributed by atoms with Gasteiger partial charge in [-0.1, -0.05) is 6.92 Å². The number of hydrogen-bond acceptors (Lipinski definition) is 4. The third-order valence-corrected chi connectivity index (χ3v) is 2.01. The summed E-state index contributed by atoms with van der Waals surface area (Å²) in [6, 6.07) is 0. The number of nitrogens with one attached hydrogen (secondary N) is 2. The van der Waals surface area contributed by atoms with Gasteiger partial charge in [-0.2, -0.15) is 0 Å². The van der Waals surface area contributed by atoms with Crippen molar-refractivity contribution in [2.24, 2.45) is 0 Å². The van der Waals surface area contributed by atoms with Crippen molar-refractivity contribution < 1.29 is 0 Å². The molecule has 0 amide bonds. The molecule has 5 nitrogen and oxygen atoms in total. The van der Waals surface area contributed by atoms with Gasteiger partial charge < -0.3 is 10.3 Å². The van der Waals surface area contributed by atoms with Crippen molar-refractivity contribution in [2.75, 3.05) is 6.54 Å². The summed E-state index contributed by atoms with van der Waals surface area (Å²) in [5, 5.41) is 3.20. The van der Waals surface area contributed by atoms with Crippen LogP contribution in [0.4, 0.5) is 0 Å². The molecule has 2 rings (SSSR count). The van der Waals surface area contributed by atoms with Crippen molar-refractivity contribution >= 4 is 0 Å². The predicted molar refractivity (Wildman–Crippen MR) is 57.0 cm³/mol. The lowest BCUT2D eigenvalue weighted by atomic mass is 10.3. The Balaban J connectivity index is 2.14. The molecule has 0 aliphatic carbocycles. The van der Waals surface area contributed by atoms with Crippen molar-refractivity contribution in [1.82, 2.24) is 25.3 Å². The van der Waals surface area contributed by atoms with Crippen molar-refractivity contribution in [3.63, 3.8) is 0 Å². The summed E-state index contributed by atoms with van der Waals surface area (Å²) >= 11 is 0. The van der Waals surface area contributed by atoms with Crippen LogP contribution in [0.25, 0.3) is 11.4 Å². The number of hydrogen-bond donors (Lipinski definition) is 2. The molecule has 0 aliphatic heterocycles. The highest BCUT2D eigenvalue weighted by molar-refractivity contribution is 5.51. The molecule has 0 aromatic carbocycles. The Kier molecular flexibility index (Phi) is 3.04. The van der Waals surface area contributed by atoms with Gasteiger partial charge in [-0.3, -0.25) is 9.97 Å².